The van der Waals surface area contributed by atoms with Crippen LogP contribution in [0.5, 0.6) is 0 Å². The van der Waals surface area contributed by atoms with Gasteiger partial charge in [-0.15, -0.1) is 0 Å². The van der Waals surface area contributed by atoms with Gasteiger partial charge >= 0.3 is 0 Å². The number of hydrogen-bond donors (Lipinski definition) is 4. The van der Waals surface area contributed by atoms with E-state index in [1.807, 2.05) is 118 Å². The van der Waals surface area contributed by atoms with Crippen molar-refractivity contribution < 1.29 is 20.1 Å². The highest BCUT2D eigenvalue weighted by molar-refractivity contribution is 5.53. The van der Waals surface area contributed by atoms with Crippen molar-refractivity contribution in [2.24, 2.45) is 23.5 Å². The van der Waals surface area contributed by atoms with Gasteiger partial charge in [0.25, 0.3) is 0 Å². The molecule has 44 heavy (non-hydrogen) atoms. The molecule has 238 valence electrons. The second-order valence-electron chi connectivity index (χ2n) is 11.4. The second kappa shape index (κ2) is 24.8. The molecule has 0 aliphatic carbocycles. The molecule has 5 N–H and O–H groups in total. The average molecular weight is 600 g/mol. The normalized spacial score (nSPS) is 12.8. The second-order valence-corrected chi connectivity index (χ2v) is 11.4. The minimum absolute atomic E-state index is 0.0505. The first-order valence-corrected chi connectivity index (χ1v) is 15.5. The van der Waals surface area contributed by atoms with Crippen LogP contribution in [0.15, 0.2) is 121 Å². The Balaban J connectivity index is 0.000000293. The number of benzene rings is 4. The van der Waals surface area contributed by atoms with Crippen molar-refractivity contribution >= 4 is 6.29 Å². The summed E-state index contributed by atoms with van der Waals surface area (Å²) in [4.78, 5) is 10.3. The van der Waals surface area contributed by atoms with Crippen molar-refractivity contribution in [3.8, 4) is 0 Å². The highest BCUT2D eigenvalue weighted by Gasteiger charge is 2.02. The lowest BCUT2D eigenvalue weighted by molar-refractivity contribution is -0.110. The van der Waals surface area contributed by atoms with Gasteiger partial charge in [-0.1, -0.05) is 142 Å². The van der Waals surface area contributed by atoms with Gasteiger partial charge < -0.3 is 25.8 Å². The van der Waals surface area contributed by atoms with Gasteiger partial charge in [-0.3, -0.25) is 0 Å². The molecule has 4 aromatic carbocycles. The van der Waals surface area contributed by atoms with Crippen LogP contribution in [0.3, 0.4) is 0 Å². The van der Waals surface area contributed by atoms with E-state index in [1.165, 1.54) is 22.3 Å². The van der Waals surface area contributed by atoms with Gasteiger partial charge in [0.15, 0.2) is 0 Å². The Hall–Kier alpha value is -3.61. The molecule has 0 unspecified atom stereocenters. The lowest BCUT2D eigenvalue weighted by Gasteiger charge is -2.06. The van der Waals surface area contributed by atoms with Gasteiger partial charge in [-0.2, -0.15) is 0 Å². The van der Waals surface area contributed by atoms with Crippen molar-refractivity contribution in [3.05, 3.63) is 144 Å². The summed E-state index contributed by atoms with van der Waals surface area (Å²) in [5.74, 6) is 0.882. The molecule has 0 aromatic heterocycles. The lowest BCUT2D eigenvalue weighted by atomic mass is 10.0. The zero-order valence-electron chi connectivity index (χ0n) is 26.7. The fraction of sp³-hybridized carbons (Fsp3) is 0.359. The van der Waals surface area contributed by atoms with Crippen LogP contribution in [0.2, 0.25) is 0 Å². The average Bonchev–Trinajstić information content (AvgIpc) is 3.07. The number of hydrogen-bond acceptors (Lipinski definition) is 5. The Morgan fingerprint density at radius 3 is 1.07 bits per heavy atom. The Labute approximate surface area is 265 Å². The molecule has 0 heterocycles. The lowest BCUT2D eigenvalue weighted by Crippen LogP contribution is -2.26. The topological polar surface area (TPSA) is 104 Å². The summed E-state index contributed by atoms with van der Waals surface area (Å²) in [6.45, 7) is 6.62. The van der Waals surface area contributed by atoms with E-state index in [0.717, 1.165) is 32.0 Å². The highest BCUT2D eigenvalue weighted by Crippen LogP contribution is 2.08. The van der Waals surface area contributed by atoms with Gasteiger partial charge in [-0.05, 0) is 59.8 Å². The Bertz CT molecular complexity index is 1080. The molecule has 0 bridgehead atoms. The highest BCUT2D eigenvalue weighted by atomic mass is 16.3. The third-order valence-corrected chi connectivity index (χ3v) is 6.69. The molecule has 0 aliphatic rings. The summed E-state index contributed by atoms with van der Waals surface area (Å²) < 4.78 is 0. The van der Waals surface area contributed by atoms with Crippen LogP contribution in [0.4, 0.5) is 0 Å². The zero-order chi connectivity index (χ0) is 32.4. The molecule has 4 aromatic rings. The van der Waals surface area contributed by atoms with E-state index in [0.29, 0.717) is 11.8 Å². The summed E-state index contributed by atoms with van der Waals surface area (Å²) in [6, 6.07) is 40.3. The van der Waals surface area contributed by atoms with Crippen LogP contribution in [-0.4, -0.2) is 47.5 Å². The largest absolute Gasteiger partial charge is 0.396 e. The standard InChI is InChI=1S/2C10H14O.C10H12O.C9H13NO/c3*1-9(8-11)7-10-5-3-2-4-6-10;10-9(7-11)6-8-4-2-1-3-5-8/h2*2-6,9,11H,7-8H2,1H3;2-6,8-9H,7H2,1H3;1-5,9,11H,6-7,10H2/t4*9-/m0000/s1. The van der Waals surface area contributed by atoms with E-state index in [9.17, 15) is 4.79 Å². The third kappa shape index (κ3) is 19.6. The molecule has 0 spiro atoms. The van der Waals surface area contributed by atoms with Crippen LogP contribution < -0.4 is 5.73 Å². The maximum Gasteiger partial charge on any atom is 0.123 e. The van der Waals surface area contributed by atoms with Crippen LogP contribution >= 0.6 is 0 Å². The van der Waals surface area contributed by atoms with Crippen molar-refractivity contribution in [1.82, 2.24) is 0 Å². The zero-order valence-corrected chi connectivity index (χ0v) is 26.7. The minimum atomic E-state index is -0.127. The van der Waals surface area contributed by atoms with Gasteiger partial charge in [0, 0.05) is 25.2 Å². The smallest absolute Gasteiger partial charge is 0.123 e. The van der Waals surface area contributed by atoms with Crippen LogP contribution in [0, 0.1) is 17.8 Å². The molecule has 4 rings (SSSR count). The summed E-state index contributed by atoms with van der Waals surface area (Å²) in [5.41, 5.74) is 10.6. The molecule has 0 saturated heterocycles. The molecular formula is C39H53NO4. The first-order valence-electron chi connectivity index (χ1n) is 15.5. The molecule has 5 heteroatoms. The minimum Gasteiger partial charge on any atom is -0.396 e. The SMILES string of the molecule is C[C@H](C=O)Cc1ccccc1.C[C@H](CO)Cc1ccccc1.C[C@H](CO)Cc1ccccc1.N[C@H](CO)Cc1ccccc1. The van der Waals surface area contributed by atoms with Gasteiger partial charge in [-0.25, -0.2) is 0 Å². The monoisotopic (exact) mass is 599 g/mol. The molecule has 4 atom stereocenters. The van der Waals surface area contributed by atoms with Gasteiger partial charge in [0.2, 0.25) is 0 Å². The predicted molar refractivity (Wildman–Crippen MR) is 183 cm³/mol. The van der Waals surface area contributed by atoms with Crippen molar-refractivity contribution in [2.45, 2.75) is 52.5 Å². The van der Waals surface area contributed by atoms with Crippen molar-refractivity contribution in [1.29, 1.82) is 0 Å². The van der Waals surface area contributed by atoms with Crippen LogP contribution in [0.1, 0.15) is 43.0 Å². The summed E-state index contributed by atoms with van der Waals surface area (Å²) in [5, 5.41) is 26.3. The first-order chi connectivity index (χ1) is 21.3. The number of nitrogens with two attached hydrogens (primary N) is 1. The molecule has 5 nitrogen and oxygen atoms in total. The molecule has 0 fully saturated rings. The Morgan fingerprint density at radius 1 is 0.500 bits per heavy atom. The predicted octanol–water partition coefficient (Wildman–Crippen LogP) is 6.33. The van der Waals surface area contributed by atoms with Gasteiger partial charge in [0.05, 0.1) is 6.61 Å². The maximum absolute atomic E-state index is 10.3. The summed E-state index contributed by atoms with van der Waals surface area (Å²) in [7, 11) is 0. The molecule has 0 aliphatic heterocycles. The maximum atomic E-state index is 10.3. The molecular weight excluding hydrogens is 546 g/mol. The van der Waals surface area contributed by atoms with E-state index in [2.05, 4.69) is 24.3 Å². The van der Waals surface area contributed by atoms with Gasteiger partial charge in [0.1, 0.15) is 6.29 Å². The molecule has 0 saturated carbocycles. The van der Waals surface area contributed by atoms with E-state index in [4.69, 9.17) is 21.1 Å². The number of carbonyl (C=O) groups is 1. The number of aliphatic hydroxyl groups is 3. The first kappa shape index (κ1) is 38.4. The van der Waals surface area contributed by atoms with E-state index >= 15 is 0 Å². The molecule has 0 radical (unpaired) electrons. The molecule has 0 amide bonds. The van der Waals surface area contributed by atoms with Crippen molar-refractivity contribution in [3.63, 3.8) is 0 Å². The fourth-order valence-electron chi connectivity index (χ4n) is 4.18. The van der Waals surface area contributed by atoms with E-state index in [-0.39, 0.29) is 31.8 Å². The number of rotatable bonds is 12. The van der Waals surface area contributed by atoms with Crippen LogP contribution in [-0.2, 0) is 30.5 Å². The summed E-state index contributed by atoms with van der Waals surface area (Å²) >= 11 is 0. The third-order valence-electron chi connectivity index (χ3n) is 6.69. The van der Waals surface area contributed by atoms with E-state index < -0.39 is 0 Å². The van der Waals surface area contributed by atoms with Crippen molar-refractivity contribution in [2.75, 3.05) is 19.8 Å². The Kier molecular flexibility index (Phi) is 21.6. The quantitative estimate of drug-likeness (QED) is 0.143. The number of aldehydes is 1. The number of carbonyl (C=O) groups excluding carboxylic acids is 1. The Morgan fingerprint density at radius 2 is 0.795 bits per heavy atom. The van der Waals surface area contributed by atoms with E-state index in [1.54, 1.807) is 0 Å². The van der Waals surface area contributed by atoms with Crippen LogP contribution in [0.25, 0.3) is 0 Å². The fourth-order valence-corrected chi connectivity index (χ4v) is 4.18. The number of aliphatic hydroxyl groups excluding tert-OH is 3. The summed E-state index contributed by atoms with van der Waals surface area (Å²) in [6.07, 6.45) is 4.53.